The van der Waals surface area contributed by atoms with E-state index in [2.05, 4.69) is 10.0 Å². The van der Waals surface area contributed by atoms with Crippen LogP contribution < -0.4 is 10.0 Å². The summed E-state index contributed by atoms with van der Waals surface area (Å²) in [6, 6.07) is 4.03. The van der Waals surface area contributed by atoms with Crippen LogP contribution in [-0.4, -0.2) is 27.5 Å². The maximum Gasteiger partial charge on any atom is 0.243 e. The molecule has 1 heterocycles. The van der Waals surface area contributed by atoms with Gasteiger partial charge in [0.05, 0.1) is 0 Å². The van der Waals surface area contributed by atoms with Gasteiger partial charge in [0.25, 0.3) is 0 Å². The topological polar surface area (TPSA) is 58.2 Å². The Morgan fingerprint density at radius 3 is 2.61 bits per heavy atom. The van der Waals surface area contributed by atoms with Crippen LogP contribution in [0.15, 0.2) is 23.1 Å². The predicted octanol–water partition coefficient (Wildman–Crippen LogP) is 1.16. The van der Waals surface area contributed by atoms with Crippen molar-refractivity contribution in [3.63, 3.8) is 0 Å². The first-order valence-corrected chi connectivity index (χ1v) is 7.46. The van der Waals surface area contributed by atoms with Gasteiger partial charge in [0.1, 0.15) is 10.7 Å². The lowest BCUT2D eigenvalue weighted by Crippen LogP contribution is -2.42. The minimum absolute atomic E-state index is 0.114. The molecule has 0 radical (unpaired) electrons. The van der Waals surface area contributed by atoms with Gasteiger partial charge >= 0.3 is 0 Å². The summed E-state index contributed by atoms with van der Waals surface area (Å²) in [5, 5.41) is 3.15. The van der Waals surface area contributed by atoms with Crippen LogP contribution in [0.1, 0.15) is 18.4 Å². The maximum atomic E-state index is 13.7. The van der Waals surface area contributed by atoms with E-state index in [1.807, 2.05) is 0 Å². The zero-order valence-corrected chi connectivity index (χ0v) is 11.1. The van der Waals surface area contributed by atoms with Gasteiger partial charge in [-0.05, 0) is 50.6 Å². The molecule has 4 nitrogen and oxygen atoms in total. The molecule has 0 amide bonds. The molecule has 1 fully saturated rings. The van der Waals surface area contributed by atoms with Crippen LogP contribution in [0.3, 0.4) is 0 Å². The lowest BCUT2D eigenvalue weighted by molar-refractivity contribution is 0.426. The van der Waals surface area contributed by atoms with Crippen LogP contribution in [0, 0.1) is 12.7 Å². The number of halogens is 1. The molecule has 18 heavy (non-hydrogen) atoms. The van der Waals surface area contributed by atoms with E-state index in [4.69, 9.17) is 0 Å². The lowest BCUT2D eigenvalue weighted by atomic mass is 10.1. The van der Waals surface area contributed by atoms with Crippen LogP contribution in [0.4, 0.5) is 4.39 Å². The van der Waals surface area contributed by atoms with E-state index in [9.17, 15) is 12.8 Å². The molecule has 1 saturated heterocycles. The highest BCUT2D eigenvalue weighted by atomic mass is 32.2. The molecule has 1 aromatic rings. The van der Waals surface area contributed by atoms with Gasteiger partial charge in [-0.2, -0.15) is 0 Å². The van der Waals surface area contributed by atoms with E-state index in [0.29, 0.717) is 5.56 Å². The van der Waals surface area contributed by atoms with Gasteiger partial charge in [-0.3, -0.25) is 0 Å². The largest absolute Gasteiger partial charge is 0.317 e. The predicted molar refractivity (Wildman–Crippen MR) is 67.4 cm³/mol. The van der Waals surface area contributed by atoms with Crippen molar-refractivity contribution in [3.05, 3.63) is 29.6 Å². The summed E-state index contributed by atoms with van der Waals surface area (Å²) in [7, 11) is -3.76. The Morgan fingerprint density at radius 1 is 1.33 bits per heavy atom. The van der Waals surface area contributed by atoms with Crippen LogP contribution in [0.2, 0.25) is 0 Å². The van der Waals surface area contributed by atoms with E-state index in [1.165, 1.54) is 12.1 Å². The standard InChI is InChI=1S/C12H17FN2O2S/c1-9-2-3-12(11(13)8-9)18(16,17)15-10-4-6-14-7-5-10/h2-3,8,10,14-15H,4-7H2,1H3. The average Bonchev–Trinajstić information content (AvgIpc) is 2.29. The Bertz CT molecular complexity index is 525. The second-order valence-electron chi connectivity index (χ2n) is 4.58. The zero-order valence-electron chi connectivity index (χ0n) is 10.2. The van der Waals surface area contributed by atoms with Crippen molar-refractivity contribution < 1.29 is 12.8 Å². The zero-order chi connectivity index (χ0) is 13.2. The quantitative estimate of drug-likeness (QED) is 0.868. The van der Waals surface area contributed by atoms with Crippen LogP contribution >= 0.6 is 0 Å². The first kappa shape index (κ1) is 13.5. The molecule has 0 saturated carbocycles. The van der Waals surface area contributed by atoms with Crippen LogP contribution in [0.25, 0.3) is 0 Å². The molecule has 0 unspecified atom stereocenters. The van der Waals surface area contributed by atoms with Gasteiger partial charge in [0.15, 0.2) is 0 Å². The van der Waals surface area contributed by atoms with E-state index >= 15 is 0 Å². The van der Waals surface area contributed by atoms with Crippen LogP contribution in [0.5, 0.6) is 0 Å². The fourth-order valence-corrected chi connectivity index (χ4v) is 3.41. The van der Waals surface area contributed by atoms with E-state index in [-0.39, 0.29) is 10.9 Å². The monoisotopic (exact) mass is 272 g/mol. The van der Waals surface area contributed by atoms with Gasteiger partial charge in [0, 0.05) is 6.04 Å². The number of aryl methyl sites for hydroxylation is 1. The number of sulfonamides is 1. The molecule has 1 aromatic carbocycles. The second kappa shape index (κ2) is 5.34. The molecule has 100 valence electrons. The highest BCUT2D eigenvalue weighted by molar-refractivity contribution is 7.89. The summed E-state index contributed by atoms with van der Waals surface area (Å²) in [5.74, 6) is -0.698. The molecule has 0 spiro atoms. The van der Waals surface area contributed by atoms with Gasteiger partial charge < -0.3 is 5.32 Å². The normalized spacial score (nSPS) is 17.9. The molecule has 0 atom stereocenters. The molecular formula is C12H17FN2O2S. The third kappa shape index (κ3) is 3.07. The molecule has 0 aliphatic carbocycles. The Hall–Kier alpha value is -0.980. The number of hydrogen-bond acceptors (Lipinski definition) is 3. The summed E-state index contributed by atoms with van der Waals surface area (Å²) in [6.07, 6.45) is 1.46. The van der Waals surface area contributed by atoms with Crippen molar-refractivity contribution in [1.82, 2.24) is 10.0 Å². The van der Waals surface area contributed by atoms with Gasteiger partial charge in [-0.15, -0.1) is 0 Å². The van der Waals surface area contributed by atoms with Crippen molar-refractivity contribution in [2.75, 3.05) is 13.1 Å². The third-order valence-electron chi connectivity index (χ3n) is 3.04. The first-order valence-electron chi connectivity index (χ1n) is 5.98. The minimum Gasteiger partial charge on any atom is -0.317 e. The number of hydrogen-bond donors (Lipinski definition) is 2. The second-order valence-corrected chi connectivity index (χ2v) is 6.26. The molecule has 0 aromatic heterocycles. The molecule has 2 N–H and O–H groups in total. The Kier molecular flexibility index (Phi) is 3.99. The van der Waals surface area contributed by atoms with E-state index in [0.717, 1.165) is 25.9 Å². The van der Waals surface area contributed by atoms with Crippen molar-refractivity contribution >= 4 is 10.0 Å². The minimum atomic E-state index is -3.76. The number of nitrogens with one attached hydrogen (secondary N) is 2. The van der Waals surface area contributed by atoms with Gasteiger partial charge in [-0.1, -0.05) is 6.07 Å². The van der Waals surface area contributed by atoms with Crippen molar-refractivity contribution in [2.24, 2.45) is 0 Å². The smallest absolute Gasteiger partial charge is 0.243 e. The average molecular weight is 272 g/mol. The van der Waals surface area contributed by atoms with Crippen molar-refractivity contribution in [3.8, 4) is 0 Å². The first-order chi connectivity index (χ1) is 8.49. The number of benzene rings is 1. The summed E-state index contributed by atoms with van der Waals surface area (Å²) in [4.78, 5) is -0.272. The van der Waals surface area contributed by atoms with E-state index < -0.39 is 15.8 Å². The highest BCUT2D eigenvalue weighted by Gasteiger charge is 2.24. The summed E-state index contributed by atoms with van der Waals surface area (Å²) < 4.78 is 40.4. The third-order valence-corrected chi connectivity index (χ3v) is 4.59. The highest BCUT2D eigenvalue weighted by Crippen LogP contribution is 2.17. The molecule has 1 aliphatic rings. The number of rotatable bonds is 3. The Balaban J connectivity index is 2.19. The fraction of sp³-hybridized carbons (Fsp3) is 0.500. The molecule has 6 heteroatoms. The summed E-state index contributed by atoms with van der Waals surface area (Å²) >= 11 is 0. The fourth-order valence-electron chi connectivity index (χ4n) is 2.05. The SMILES string of the molecule is Cc1ccc(S(=O)(=O)NC2CCNCC2)c(F)c1. The maximum absolute atomic E-state index is 13.7. The molecule has 2 rings (SSSR count). The Labute approximate surface area is 107 Å². The lowest BCUT2D eigenvalue weighted by Gasteiger charge is -2.23. The molecule has 0 bridgehead atoms. The van der Waals surface area contributed by atoms with Gasteiger partial charge in [0.2, 0.25) is 10.0 Å². The van der Waals surface area contributed by atoms with Crippen molar-refractivity contribution in [1.29, 1.82) is 0 Å². The van der Waals surface area contributed by atoms with Gasteiger partial charge in [-0.25, -0.2) is 17.5 Å². The summed E-state index contributed by atoms with van der Waals surface area (Å²) in [6.45, 7) is 3.28. The van der Waals surface area contributed by atoms with E-state index in [1.54, 1.807) is 13.0 Å². The summed E-state index contributed by atoms with van der Waals surface area (Å²) in [5.41, 5.74) is 0.702. The number of piperidine rings is 1. The molecule has 1 aliphatic heterocycles. The van der Waals surface area contributed by atoms with Crippen LogP contribution in [-0.2, 0) is 10.0 Å². The Morgan fingerprint density at radius 2 is 2.00 bits per heavy atom. The molecular weight excluding hydrogens is 255 g/mol. The van der Waals surface area contributed by atoms with Crippen molar-refractivity contribution in [2.45, 2.75) is 30.7 Å².